The van der Waals surface area contributed by atoms with E-state index in [0.29, 0.717) is 15.6 Å². The van der Waals surface area contributed by atoms with Gasteiger partial charge in [-0.2, -0.15) is 0 Å². The van der Waals surface area contributed by atoms with Gasteiger partial charge in [0, 0.05) is 17.3 Å². The maximum Gasteiger partial charge on any atom is 0.339 e. The summed E-state index contributed by atoms with van der Waals surface area (Å²) in [5.41, 5.74) is 1.71. The highest BCUT2D eigenvalue weighted by atomic mass is 32.1. The van der Waals surface area contributed by atoms with Crippen LogP contribution in [0.3, 0.4) is 0 Å². The highest BCUT2D eigenvalue weighted by molar-refractivity contribution is 7.17. The van der Waals surface area contributed by atoms with Gasteiger partial charge in [0.1, 0.15) is 15.6 Å². The molecule has 0 aliphatic carbocycles. The molecule has 0 bridgehead atoms. The van der Waals surface area contributed by atoms with Crippen molar-refractivity contribution in [3.8, 4) is 21.8 Å². The number of nitrogens with one attached hydrogen (secondary N) is 2. The molecule has 0 radical (unpaired) electrons. The number of aromatic amines is 1. The predicted molar refractivity (Wildman–Crippen MR) is 119 cm³/mol. The third-order valence-corrected chi connectivity index (χ3v) is 5.58. The van der Waals surface area contributed by atoms with Crippen molar-refractivity contribution in [3.05, 3.63) is 93.7 Å². The number of pyridine rings is 1. The Morgan fingerprint density at radius 3 is 2.29 bits per heavy atom. The Bertz CT molecular complexity index is 1300. The molecule has 154 valence electrons. The van der Waals surface area contributed by atoms with Crippen LogP contribution in [0.1, 0.15) is 20.0 Å². The third kappa shape index (κ3) is 4.29. The topological polar surface area (TPSA) is 101 Å². The number of carbonyl (C=O) groups excluding carboxylic acids is 2. The average molecular weight is 431 g/mol. The number of rotatable bonds is 5. The fourth-order valence-corrected chi connectivity index (χ4v) is 3.95. The minimum atomic E-state index is -0.624. The lowest BCUT2D eigenvalue weighted by atomic mass is 10.1. The number of anilines is 1. The van der Waals surface area contributed by atoms with E-state index in [1.807, 2.05) is 60.7 Å². The maximum absolute atomic E-state index is 13.1. The van der Waals surface area contributed by atoms with Crippen LogP contribution in [0, 0.1) is 0 Å². The lowest BCUT2D eigenvalue weighted by Crippen LogP contribution is -2.20. The summed E-state index contributed by atoms with van der Waals surface area (Å²) >= 11 is 1.23. The number of methoxy groups -OCH3 is 1. The van der Waals surface area contributed by atoms with Gasteiger partial charge in [-0.15, -0.1) is 11.3 Å². The number of carbonyl (C=O) groups is 2. The molecule has 1 amide bonds. The van der Waals surface area contributed by atoms with Gasteiger partial charge in [-0.05, 0) is 6.07 Å². The van der Waals surface area contributed by atoms with Gasteiger partial charge in [0.2, 0.25) is 0 Å². The molecule has 0 unspecified atom stereocenters. The molecule has 0 aliphatic heterocycles. The molecule has 8 heteroatoms. The first-order valence-electron chi connectivity index (χ1n) is 9.31. The van der Waals surface area contributed by atoms with E-state index in [1.165, 1.54) is 30.7 Å². The second-order valence-corrected chi connectivity index (χ2v) is 7.50. The van der Waals surface area contributed by atoms with Crippen LogP contribution in [0.5, 0.6) is 0 Å². The number of aromatic nitrogens is 2. The predicted octanol–water partition coefficient (Wildman–Crippen LogP) is 4.20. The number of hydrogen-bond donors (Lipinski definition) is 2. The molecule has 4 aromatic rings. The molecule has 0 atom stereocenters. The Morgan fingerprint density at radius 1 is 1.00 bits per heavy atom. The molecule has 2 aromatic heterocycles. The molecule has 2 aromatic carbocycles. The third-order valence-electron chi connectivity index (χ3n) is 4.47. The standard InChI is InChI=1S/C23H17N3O4S/c1-30-23(29)16-12-17(20(27)24-13-16)25-21(28)19-18(14-8-4-2-5-9-14)26-22(31-19)15-10-6-3-7-11-15/h2-13H,1H3,(H,24,27)(H,25,28). The monoisotopic (exact) mass is 431 g/mol. The van der Waals surface area contributed by atoms with E-state index in [9.17, 15) is 14.4 Å². The Labute approximate surface area is 181 Å². The normalized spacial score (nSPS) is 10.5. The number of ether oxygens (including phenoxy) is 1. The molecule has 2 heterocycles. The van der Waals surface area contributed by atoms with Gasteiger partial charge in [0.25, 0.3) is 11.5 Å². The van der Waals surface area contributed by atoms with E-state index < -0.39 is 17.4 Å². The fraction of sp³-hybridized carbons (Fsp3) is 0.0435. The van der Waals surface area contributed by atoms with Crippen molar-refractivity contribution in [1.29, 1.82) is 0 Å². The van der Waals surface area contributed by atoms with Gasteiger partial charge in [-0.3, -0.25) is 9.59 Å². The molecule has 0 aliphatic rings. The van der Waals surface area contributed by atoms with Crippen LogP contribution in [-0.4, -0.2) is 29.0 Å². The summed E-state index contributed by atoms with van der Waals surface area (Å²) in [5.74, 6) is -1.12. The molecular formula is C23H17N3O4S. The van der Waals surface area contributed by atoms with E-state index in [4.69, 9.17) is 4.98 Å². The highest BCUT2D eigenvalue weighted by Crippen LogP contribution is 2.34. The average Bonchev–Trinajstić information content (AvgIpc) is 3.27. The van der Waals surface area contributed by atoms with Gasteiger partial charge < -0.3 is 15.0 Å². The molecule has 4 rings (SSSR count). The van der Waals surface area contributed by atoms with Gasteiger partial charge >= 0.3 is 5.97 Å². The van der Waals surface area contributed by atoms with Crippen LogP contribution in [-0.2, 0) is 4.74 Å². The fourth-order valence-electron chi connectivity index (χ4n) is 2.96. The molecule has 2 N–H and O–H groups in total. The maximum atomic E-state index is 13.1. The minimum absolute atomic E-state index is 0.0541. The largest absolute Gasteiger partial charge is 0.465 e. The summed E-state index contributed by atoms with van der Waals surface area (Å²) in [4.78, 5) is 44.6. The van der Waals surface area contributed by atoms with Crippen molar-refractivity contribution in [2.75, 3.05) is 12.4 Å². The second kappa shape index (κ2) is 8.76. The lowest BCUT2D eigenvalue weighted by molar-refractivity contribution is 0.0600. The molecule has 0 saturated heterocycles. The second-order valence-electron chi connectivity index (χ2n) is 6.51. The summed E-state index contributed by atoms with van der Waals surface area (Å²) < 4.78 is 4.67. The Balaban J connectivity index is 1.75. The highest BCUT2D eigenvalue weighted by Gasteiger charge is 2.21. The van der Waals surface area contributed by atoms with Crippen LogP contribution in [0.15, 0.2) is 77.7 Å². The smallest absolute Gasteiger partial charge is 0.339 e. The molecule has 0 fully saturated rings. The molecule has 7 nitrogen and oxygen atoms in total. The number of H-pyrrole nitrogens is 1. The number of esters is 1. The van der Waals surface area contributed by atoms with Crippen LogP contribution >= 0.6 is 11.3 Å². The first kappa shape index (κ1) is 20.2. The number of benzene rings is 2. The summed E-state index contributed by atoms with van der Waals surface area (Å²) in [5, 5.41) is 3.28. The summed E-state index contributed by atoms with van der Waals surface area (Å²) in [6.45, 7) is 0. The minimum Gasteiger partial charge on any atom is -0.465 e. The summed E-state index contributed by atoms with van der Waals surface area (Å²) in [6.07, 6.45) is 1.24. The first-order chi connectivity index (χ1) is 15.1. The Morgan fingerprint density at radius 2 is 1.65 bits per heavy atom. The number of hydrogen-bond acceptors (Lipinski definition) is 6. The van der Waals surface area contributed by atoms with Crippen molar-refractivity contribution in [1.82, 2.24) is 9.97 Å². The molecular weight excluding hydrogens is 414 g/mol. The quantitative estimate of drug-likeness (QED) is 0.461. The van der Waals surface area contributed by atoms with Crippen molar-refractivity contribution in [2.45, 2.75) is 0 Å². The van der Waals surface area contributed by atoms with Gasteiger partial charge in [0.05, 0.1) is 18.4 Å². The van der Waals surface area contributed by atoms with Crippen molar-refractivity contribution >= 4 is 28.9 Å². The zero-order valence-corrected chi connectivity index (χ0v) is 17.2. The number of thiazole rings is 1. The van der Waals surface area contributed by atoms with E-state index in [1.54, 1.807) is 0 Å². The molecule has 0 spiro atoms. The van der Waals surface area contributed by atoms with Crippen molar-refractivity contribution in [2.24, 2.45) is 0 Å². The van der Waals surface area contributed by atoms with E-state index in [2.05, 4.69) is 15.0 Å². The SMILES string of the molecule is COC(=O)c1c[nH]c(=O)c(NC(=O)c2sc(-c3ccccc3)nc2-c2ccccc2)c1. The van der Waals surface area contributed by atoms with E-state index in [0.717, 1.165) is 11.1 Å². The summed E-state index contributed by atoms with van der Waals surface area (Å²) in [7, 11) is 1.24. The van der Waals surface area contributed by atoms with Crippen molar-refractivity contribution < 1.29 is 14.3 Å². The zero-order chi connectivity index (χ0) is 21.8. The first-order valence-corrected chi connectivity index (χ1v) is 10.1. The lowest BCUT2D eigenvalue weighted by Gasteiger charge is -2.06. The number of amides is 1. The zero-order valence-electron chi connectivity index (χ0n) is 16.4. The van der Waals surface area contributed by atoms with Crippen LogP contribution in [0.4, 0.5) is 5.69 Å². The van der Waals surface area contributed by atoms with Crippen LogP contribution in [0.25, 0.3) is 21.8 Å². The van der Waals surface area contributed by atoms with Crippen molar-refractivity contribution in [3.63, 3.8) is 0 Å². The van der Waals surface area contributed by atoms with Gasteiger partial charge in [-0.1, -0.05) is 60.7 Å². The molecule has 0 saturated carbocycles. The summed E-state index contributed by atoms with van der Waals surface area (Å²) in [6, 6.07) is 20.2. The molecule has 31 heavy (non-hydrogen) atoms. The Kier molecular flexibility index (Phi) is 5.72. The number of nitrogens with zero attached hydrogens (tertiary/aromatic N) is 1. The van der Waals surface area contributed by atoms with E-state index >= 15 is 0 Å². The van der Waals surface area contributed by atoms with Gasteiger partial charge in [0.15, 0.2) is 0 Å². The van der Waals surface area contributed by atoms with Crippen LogP contribution < -0.4 is 10.9 Å². The Hall–Kier alpha value is -4.04. The van der Waals surface area contributed by atoms with Gasteiger partial charge in [-0.25, -0.2) is 9.78 Å². The van der Waals surface area contributed by atoms with Crippen LogP contribution in [0.2, 0.25) is 0 Å². The van der Waals surface area contributed by atoms with E-state index in [-0.39, 0.29) is 11.3 Å².